The third-order valence-electron chi connectivity index (χ3n) is 4.80. The minimum Gasteiger partial charge on any atom is -0.505 e. The number of hydrogen-bond donors (Lipinski definition) is 2. The molecule has 0 saturated heterocycles. The smallest absolute Gasteiger partial charge is 0.258 e. The summed E-state index contributed by atoms with van der Waals surface area (Å²) in [5.74, 6) is -1.61. The van der Waals surface area contributed by atoms with Crippen LogP contribution in [0, 0.1) is 5.82 Å². The molecule has 27 heavy (non-hydrogen) atoms. The number of nitrogens with two attached hydrogens (primary N) is 1. The molecule has 6 nitrogen and oxygen atoms in total. The third kappa shape index (κ3) is 2.68. The Hall–Kier alpha value is -3.48. The van der Waals surface area contributed by atoms with Crippen molar-refractivity contribution >= 4 is 22.7 Å². The zero-order chi connectivity index (χ0) is 19.3. The second kappa shape index (κ2) is 6.05. The van der Waals surface area contributed by atoms with Crippen LogP contribution in [0.3, 0.4) is 0 Å². The molecule has 2 aromatic carbocycles. The second-order valence-corrected chi connectivity index (χ2v) is 6.65. The molecule has 3 N–H and O–H groups in total. The average molecular weight is 365 g/mol. The summed E-state index contributed by atoms with van der Waals surface area (Å²) in [7, 11) is 1.59. The van der Waals surface area contributed by atoms with Crippen molar-refractivity contribution in [2.45, 2.75) is 13.0 Å². The van der Waals surface area contributed by atoms with E-state index in [-0.39, 0.29) is 40.7 Å². The summed E-state index contributed by atoms with van der Waals surface area (Å²) in [6.07, 6.45) is 2.03. The van der Waals surface area contributed by atoms with Gasteiger partial charge in [0.05, 0.1) is 11.1 Å². The number of nitrogens with zero attached hydrogens (tertiary/aromatic N) is 2. The van der Waals surface area contributed by atoms with Crippen molar-refractivity contribution in [3.05, 3.63) is 70.2 Å². The lowest BCUT2D eigenvalue weighted by atomic mass is 9.94. The van der Waals surface area contributed by atoms with Gasteiger partial charge in [0.15, 0.2) is 5.75 Å². The maximum absolute atomic E-state index is 13.1. The van der Waals surface area contributed by atoms with Crippen molar-refractivity contribution < 1.29 is 19.1 Å². The number of hydrogen-bond acceptors (Lipinski definition) is 4. The first-order chi connectivity index (χ1) is 12.9. The fraction of sp³-hybridized carbons (Fsp3) is 0.150. The van der Waals surface area contributed by atoms with Crippen molar-refractivity contribution in [2.24, 2.45) is 5.73 Å². The molecule has 0 saturated carbocycles. The maximum Gasteiger partial charge on any atom is 0.258 e. The lowest BCUT2D eigenvalue weighted by Gasteiger charge is -2.12. The number of amides is 2. The van der Waals surface area contributed by atoms with E-state index in [2.05, 4.69) is 4.98 Å². The van der Waals surface area contributed by atoms with Crippen LogP contribution in [-0.4, -0.2) is 33.9 Å². The zero-order valence-electron chi connectivity index (χ0n) is 14.5. The SMILES string of the molecule is CN1Cc2c(c(O)c3ncc(Cc4ccc(F)cc4)cc3c2C(N)=O)C1=O. The van der Waals surface area contributed by atoms with E-state index in [4.69, 9.17) is 5.73 Å². The van der Waals surface area contributed by atoms with E-state index in [0.29, 0.717) is 17.4 Å². The van der Waals surface area contributed by atoms with Crippen LogP contribution in [0.5, 0.6) is 5.75 Å². The average Bonchev–Trinajstić information content (AvgIpc) is 2.91. The normalized spacial score (nSPS) is 13.3. The van der Waals surface area contributed by atoms with Crippen molar-refractivity contribution in [1.82, 2.24) is 9.88 Å². The standard InChI is InChI=1S/C20H16FN3O3/c1-24-9-14-15(19(22)26)13-7-11(6-10-2-4-12(21)5-3-10)8-23-17(13)18(25)16(14)20(24)27/h2-5,7-8,25H,6,9H2,1H3,(H2,22,26). The minimum atomic E-state index is -0.680. The molecule has 2 amide bonds. The Morgan fingerprint density at radius 2 is 2.00 bits per heavy atom. The number of fused-ring (bicyclic) bond motifs is 2. The zero-order valence-corrected chi connectivity index (χ0v) is 14.5. The molecule has 1 aliphatic heterocycles. The molecule has 1 aliphatic rings. The molecule has 2 heterocycles. The largest absolute Gasteiger partial charge is 0.505 e. The number of carbonyl (C=O) groups excluding carboxylic acids is 2. The van der Waals surface area contributed by atoms with E-state index in [1.54, 1.807) is 31.4 Å². The summed E-state index contributed by atoms with van der Waals surface area (Å²) >= 11 is 0. The fourth-order valence-corrected chi connectivity index (χ4v) is 3.54. The van der Waals surface area contributed by atoms with Crippen LogP contribution >= 0.6 is 0 Å². The van der Waals surface area contributed by atoms with E-state index in [1.165, 1.54) is 17.0 Å². The molecule has 4 rings (SSSR count). The number of pyridine rings is 1. The lowest BCUT2D eigenvalue weighted by molar-refractivity contribution is 0.0813. The number of halogens is 1. The van der Waals surface area contributed by atoms with E-state index >= 15 is 0 Å². The molecule has 0 atom stereocenters. The molecule has 0 aliphatic carbocycles. The van der Waals surface area contributed by atoms with E-state index in [1.807, 2.05) is 0 Å². The number of carbonyl (C=O) groups is 2. The van der Waals surface area contributed by atoms with Crippen LogP contribution in [0.2, 0.25) is 0 Å². The summed E-state index contributed by atoms with van der Waals surface area (Å²) in [4.78, 5) is 30.2. The van der Waals surface area contributed by atoms with Crippen LogP contribution in [-0.2, 0) is 13.0 Å². The summed E-state index contributed by atoms with van der Waals surface area (Å²) in [6.45, 7) is 0.193. The predicted octanol–water partition coefficient (Wildman–Crippen LogP) is 2.35. The highest BCUT2D eigenvalue weighted by molar-refractivity contribution is 6.15. The molecule has 0 fully saturated rings. The van der Waals surface area contributed by atoms with Gasteiger partial charge in [-0.3, -0.25) is 14.6 Å². The Morgan fingerprint density at radius 3 is 2.67 bits per heavy atom. The highest BCUT2D eigenvalue weighted by Gasteiger charge is 2.34. The van der Waals surface area contributed by atoms with Crippen LogP contribution in [0.4, 0.5) is 4.39 Å². The van der Waals surface area contributed by atoms with E-state index in [9.17, 15) is 19.1 Å². The first-order valence-electron chi connectivity index (χ1n) is 8.33. The van der Waals surface area contributed by atoms with Crippen molar-refractivity contribution in [2.75, 3.05) is 7.05 Å². The molecular formula is C20H16FN3O3. The monoisotopic (exact) mass is 365 g/mol. The second-order valence-electron chi connectivity index (χ2n) is 6.65. The van der Waals surface area contributed by atoms with Gasteiger partial charge in [-0.25, -0.2) is 4.39 Å². The first kappa shape index (κ1) is 17.0. The van der Waals surface area contributed by atoms with Gasteiger partial charge in [0.1, 0.15) is 11.3 Å². The van der Waals surface area contributed by atoms with Crippen molar-refractivity contribution in [1.29, 1.82) is 0 Å². The van der Waals surface area contributed by atoms with Gasteiger partial charge in [-0.15, -0.1) is 0 Å². The summed E-state index contributed by atoms with van der Waals surface area (Å²) < 4.78 is 13.1. The number of primary amides is 1. The molecule has 136 valence electrons. The molecule has 1 aromatic heterocycles. The van der Waals surface area contributed by atoms with Crippen LogP contribution in [0.15, 0.2) is 36.5 Å². The van der Waals surface area contributed by atoms with Gasteiger partial charge >= 0.3 is 0 Å². The van der Waals surface area contributed by atoms with Gasteiger partial charge in [0.25, 0.3) is 5.91 Å². The Kier molecular flexibility index (Phi) is 3.80. The van der Waals surface area contributed by atoms with Gasteiger partial charge in [0, 0.05) is 30.7 Å². The highest BCUT2D eigenvalue weighted by atomic mass is 19.1. The maximum atomic E-state index is 13.1. The summed E-state index contributed by atoms with van der Waals surface area (Å²) in [5, 5.41) is 11.0. The van der Waals surface area contributed by atoms with Gasteiger partial charge in [-0.05, 0) is 35.7 Å². The van der Waals surface area contributed by atoms with Crippen LogP contribution < -0.4 is 5.73 Å². The number of phenolic OH excluding ortho intramolecular Hbond substituents is 1. The predicted molar refractivity (Wildman–Crippen MR) is 96.9 cm³/mol. The highest BCUT2D eigenvalue weighted by Crippen LogP contribution is 2.39. The lowest BCUT2D eigenvalue weighted by Crippen LogP contribution is -2.17. The third-order valence-corrected chi connectivity index (χ3v) is 4.80. The molecule has 3 aromatic rings. The first-order valence-corrected chi connectivity index (χ1v) is 8.33. The quantitative estimate of drug-likeness (QED) is 0.745. The Labute approximate surface area is 154 Å². The molecule has 0 spiro atoms. The van der Waals surface area contributed by atoms with Crippen molar-refractivity contribution in [3.8, 4) is 5.75 Å². The van der Waals surface area contributed by atoms with Crippen molar-refractivity contribution in [3.63, 3.8) is 0 Å². The Balaban J connectivity index is 1.91. The van der Waals surface area contributed by atoms with Gasteiger partial charge < -0.3 is 15.7 Å². The summed E-state index contributed by atoms with van der Waals surface area (Å²) in [5.41, 5.74) is 8.10. The van der Waals surface area contributed by atoms with Gasteiger partial charge in [-0.1, -0.05) is 12.1 Å². The van der Waals surface area contributed by atoms with Crippen LogP contribution in [0.25, 0.3) is 10.9 Å². The van der Waals surface area contributed by atoms with Crippen LogP contribution in [0.1, 0.15) is 37.4 Å². The fourth-order valence-electron chi connectivity index (χ4n) is 3.54. The number of aromatic nitrogens is 1. The number of phenols is 1. The number of benzene rings is 2. The van der Waals surface area contributed by atoms with Gasteiger partial charge in [-0.2, -0.15) is 0 Å². The van der Waals surface area contributed by atoms with Gasteiger partial charge in [0.2, 0.25) is 5.91 Å². The Bertz CT molecular complexity index is 1110. The number of aromatic hydroxyl groups is 1. The Morgan fingerprint density at radius 1 is 1.30 bits per heavy atom. The molecule has 0 bridgehead atoms. The minimum absolute atomic E-state index is 0.0811. The number of rotatable bonds is 3. The summed E-state index contributed by atoms with van der Waals surface area (Å²) in [6, 6.07) is 7.82. The van der Waals surface area contributed by atoms with E-state index in [0.717, 1.165) is 11.1 Å². The molecule has 7 heteroatoms. The molecular weight excluding hydrogens is 349 g/mol. The molecule has 0 unspecified atom stereocenters. The van der Waals surface area contributed by atoms with E-state index < -0.39 is 5.91 Å². The topological polar surface area (TPSA) is 96.5 Å². The molecule has 0 radical (unpaired) electrons.